The largest absolute Gasteiger partial charge is 0.173 e. The minimum atomic E-state index is 0.112. The number of thiophene rings is 4. The summed E-state index contributed by atoms with van der Waals surface area (Å²) in [5.41, 5.74) is 9.22. The van der Waals surface area contributed by atoms with Gasteiger partial charge in [0.05, 0.1) is 23.1 Å². The molecular weight excluding hydrogens is 645 g/mol. The number of unbranched alkanes of at least 4 members (excludes halogenated alkanes) is 2. The molecule has 1 aliphatic carbocycles. The van der Waals surface area contributed by atoms with E-state index in [4.69, 9.17) is 8.74 Å². The van der Waals surface area contributed by atoms with Crippen LogP contribution in [0.3, 0.4) is 0 Å². The summed E-state index contributed by atoms with van der Waals surface area (Å²) in [5.74, 6) is 0. The molecule has 0 N–H and O–H groups in total. The lowest BCUT2D eigenvalue weighted by Crippen LogP contribution is -2.24. The topological polar surface area (TPSA) is 50.5 Å². The number of rotatable bonds is 9. The monoisotopic (exact) mass is 674 g/mol. The van der Waals surface area contributed by atoms with Gasteiger partial charge in [0.25, 0.3) is 0 Å². The zero-order chi connectivity index (χ0) is 29.3. The van der Waals surface area contributed by atoms with Crippen LogP contribution in [0.5, 0.6) is 0 Å². The maximum atomic E-state index is 4.72. The van der Waals surface area contributed by atoms with Gasteiger partial charge in [-0.1, -0.05) is 39.5 Å². The normalized spacial score (nSPS) is 14.4. The molecule has 0 amide bonds. The van der Waals surface area contributed by atoms with Crippen molar-refractivity contribution in [1.82, 2.24) is 8.75 Å². The second-order valence-electron chi connectivity index (χ2n) is 11.5. The second-order valence-corrected chi connectivity index (χ2v) is 17.0. The van der Waals surface area contributed by atoms with Crippen LogP contribution in [0.1, 0.15) is 73.9 Å². The first-order valence-electron chi connectivity index (χ1n) is 14.9. The molecule has 0 bridgehead atoms. The second kappa shape index (κ2) is 10.9. The molecule has 0 fully saturated rings. The third-order valence-electron chi connectivity index (χ3n) is 8.86. The molecule has 0 spiro atoms. The van der Waals surface area contributed by atoms with Crippen molar-refractivity contribution in [3.8, 4) is 39.7 Å². The van der Waals surface area contributed by atoms with Gasteiger partial charge in [0, 0.05) is 55.6 Å². The fraction of sp³-hybridized carbons (Fsp3) is 0.333. The fourth-order valence-electron chi connectivity index (χ4n) is 6.67. The zero-order valence-electron chi connectivity index (χ0n) is 24.4. The lowest BCUT2D eigenvalue weighted by Gasteiger charge is -2.31. The SMILES string of the molecule is CCCCC1(CCCC)c2cc(-c3ccc(C)s3)sc2-c2sc(-c3ccc(-c4c5c(c(C)c6nsnc46)N=S=N5)s3)cc21. The van der Waals surface area contributed by atoms with Gasteiger partial charge in [0.2, 0.25) is 0 Å². The molecule has 10 heteroatoms. The molecule has 8 rings (SSSR count). The Labute approximate surface area is 275 Å². The molecule has 0 unspecified atom stereocenters. The number of aromatic nitrogens is 2. The Morgan fingerprint density at radius 2 is 1.26 bits per heavy atom. The Hall–Kier alpha value is -2.34. The Bertz CT molecular complexity index is 2090. The van der Waals surface area contributed by atoms with E-state index in [0.717, 1.165) is 33.5 Å². The van der Waals surface area contributed by atoms with Crippen molar-refractivity contribution >= 4 is 90.8 Å². The van der Waals surface area contributed by atoms with Gasteiger partial charge in [0.15, 0.2) is 0 Å². The molecule has 218 valence electrons. The number of benzene rings is 1. The van der Waals surface area contributed by atoms with Crippen molar-refractivity contribution < 1.29 is 0 Å². The molecule has 1 aliphatic heterocycles. The third kappa shape index (κ3) is 4.35. The molecule has 0 atom stereocenters. The first kappa shape index (κ1) is 28.2. The Morgan fingerprint density at radius 3 is 1.91 bits per heavy atom. The van der Waals surface area contributed by atoms with Crippen LogP contribution in [0.4, 0.5) is 11.4 Å². The van der Waals surface area contributed by atoms with E-state index in [0.29, 0.717) is 0 Å². The first-order valence-corrected chi connectivity index (χ1v) is 19.6. The maximum Gasteiger partial charge on any atom is 0.116 e. The first-order chi connectivity index (χ1) is 21.0. The van der Waals surface area contributed by atoms with E-state index in [2.05, 4.69) is 72.8 Å². The average molecular weight is 675 g/mol. The maximum absolute atomic E-state index is 4.72. The van der Waals surface area contributed by atoms with E-state index in [1.807, 2.05) is 45.3 Å². The zero-order valence-corrected chi connectivity index (χ0v) is 29.3. The highest BCUT2D eigenvalue weighted by molar-refractivity contribution is 7.58. The molecule has 0 radical (unpaired) electrons. The summed E-state index contributed by atoms with van der Waals surface area (Å²) < 4.78 is 18.7. The van der Waals surface area contributed by atoms with Gasteiger partial charge in [-0.2, -0.15) is 17.5 Å². The highest BCUT2D eigenvalue weighted by atomic mass is 32.1. The molecule has 2 aliphatic rings. The smallest absolute Gasteiger partial charge is 0.116 e. The van der Waals surface area contributed by atoms with Crippen molar-refractivity contribution in [2.45, 2.75) is 71.6 Å². The van der Waals surface area contributed by atoms with Gasteiger partial charge in [0.1, 0.15) is 22.4 Å². The van der Waals surface area contributed by atoms with Gasteiger partial charge in [-0.15, -0.1) is 45.3 Å². The lowest BCUT2D eigenvalue weighted by molar-refractivity contribution is 0.416. The standard InChI is InChI=1S/C33H30N4S6/c1-5-7-13-33(14-8-6-2)19-15-24(21-10-9-17(3)38-21)40-31(19)32-20(33)16-25(41-32)22-11-12-23(39-22)26-29-27(34-42-36-29)18(4)28-30(26)37-43-35-28/h9-12,15-16H,5-8,13-14H2,1-4H3. The molecule has 0 saturated carbocycles. The predicted octanol–water partition coefficient (Wildman–Crippen LogP) is 12.9. The molecule has 43 heavy (non-hydrogen) atoms. The van der Waals surface area contributed by atoms with E-state index >= 15 is 0 Å². The third-order valence-corrected chi connectivity index (χ3v) is 14.8. The van der Waals surface area contributed by atoms with E-state index in [1.165, 1.54) is 101 Å². The molecule has 0 saturated heterocycles. The van der Waals surface area contributed by atoms with Crippen LogP contribution in [0.2, 0.25) is 0 Å². The highest BCUT2D eigenvalue weighted by Gasteiger charge is 2.45. The molecule has 4 nitrogen and oxygen atoms in total. The van der Waals surface area contributed by atoms with Crippen LogP contribution >= 0.6 is 57.1 Å². The van der Waals surface area contributed by atoms with Crippen LogP contribution in [0, 0.1) is 13.8 Å². The van der Waals surface area contributed by atoms with Crippen LogP contribution in [-0.4, -0.2) is 8.75 Å². The van der Waals surface area contributed by atoms with Gasteiger partial charge < -0.3 is 0 Å². The molecule has 6 heterocycles. The van der Waals surface area contributed by atoms with Gasteiger partial charge >= 0.3 is 0 Å². The van der Waals surface area contributed by atoms with Crippen molar-refractivity contribution in [1.29, 1.82) is 0 Å². The number of hydrogen-bond acceptors (Lipinski definition) is 9. The van der Waals surface area contributed by atoms with Crippen LogP contribution in [0.25, 0.3) is 50.7 Å². The average Bonchev–Trinajstić information content (AvgIpc) is 3.84. The highest BCUT2D eigenvalue weighted by Crippen LogP contribution is 2.62. The number of nitrogens with zero attached hydrogens (tertiary/aromatic N) is 4. The molecule has 1 aromatic carbocycles. The summed E-state index contributed by atoms with van der Waals surface area (Å²) in [6.45, 7) is 8.96. The van der Waals surface area contributed by atoms with E-state index < -0.39 is 0 Å². The Kier molecular flexibility index (Phi) is 7.15. The molecular formula is C33H30N4S6. The van der Waals surface area contributed by atoms with E-state index in [9.17, 15) is 0 Å². The summed E-state index contributed by atoms with van der Waals surface area (Å²) in [7, 11) is 0. The number of fused-ring (bicyclic) bond motifs is 5. The van der Waals surface area contributed by atoms with Crippen LogP contribution < -0.4 is 0 Å². The lowest BCUT2D eigenvalue weighted by atomic mass is 9.71. The minimum Gasteiger partial charge on any atom is -0.173 e. The van der Waals surface area contributed by atoms with Crippen molar-refractivity contribution in [3.63, 3.8) is 0 Å². The van der Waals surface area contributed by atoms with Crippen molar-refractivity contribution in [2.75, 3.05) is 0 Å². The minimum absolute atomic E-state index is 0.112. The number of aryl methyl sites for hydroxylation is 2. The van der Waals surface area contributed by atoms with E-state index in [1.54, 1.807) is 11.1 Å². The number of hydrogen-bond donors (Lipinski definition) is 0. The van der Waals surface area contributed by atoms with E-state index in [-0.39, 0.29) is 5.41 Å². The van der Waals surface area contributed by atoms with Crippen LogP contribution in [-0.2, 0) is 16.8 Å². The van der Waals surface area contributed by atoms with Crippen LogP contribution in [0.15, 0.2) is 45.1 Å². The summed E-state index contributed by atoms with van der Waals surface area (Å²) in [5, 5.41) is 0. The van der Waals surface area contributed by atoms with Crippen molar-refractivity contribution in [2.24, 2.45) is 8.73 Å². The van der Waals surface area contributed by atoms with Gasteiger partial charge in [-0.05, 0) is 74.2 Å². The quantitative estimate of drug-likeness (QED) is 0.153. The summed E-state index contributed by atoms with van der Waals surface area (Å²) in [6.07, 6.45) is 7.40. The summed E-state index contributed by atoms with van der Waals surface area (Å²) in [6, 6.07) is 14.2. The van der Waals surface area contributed by atoms with Crippen molar-refractivity contribution in [3.05, 3.63) is 58.0 Å². The van der Waals surface area contributed by atoms with Gasteiger partial charge in [-0.25, -0.2) is 0 Å². The summed E-state index contributed by atoms with van der Waals surface area (Å²) >= 11 is 10.3. The summed E-state index contributed by atoms with van der Waals surface area (Å²) in [4.78, 5) is 11.1. The fourth-order valence-corrected chi connectivity index (χ4v) is 12.6. The Morgan fingerprint density at radius 1 is 0.651 bits per heavy atom. The molecule has 5 aromatic heterocycles. The predicted molar refractivity (Wildman–Crippen MR) is 192 cm³/mol. The van der Waals surface area contributed by atoms with Gasteiger partial charge in [-0.3, -0.25) is 0 Å². The Balaban J connectivity index is 1.26. The molecule has 6 aromatic rings.